The topological polar surface area (TPSA) is 134 Å². The Balaban J connectivity index is 1.56. The maximum absolute atomic E-state index is 15.0. The van der Waals surface area contributed by atoms with Crippen molar-refractivity contribution in [3.63, 3.8) is 0 Å². The number of likely N-dealkylation sites (N-methyl/N-ethyl adjacent to an activating group) is 1. The predicted molar refractivity (Wildman–Crippen MR) is 184 cm³/mol. The number of aliphatic hydroxyl groups is 1. The number of nitrogens with one attached hydrogen (secondary N) is 1. The van der Waals surface area contributed by atoms with E-state index in [9.17, 15) is 19.5 Å². The van der Waals surface area contributed by atoms with Gasteiger partial charge in [0.1, 0.15) is 11.5 Å². The number of hydrogen-bond donors (Lipinski definition) is 2. The molecule has 2 heterocycles. The summed E-state index contributed by atoms with van der Waals surface area (Å²) >= 11 is 0. The van der Waals surface area contributed by atoms with Crippen molar-refractivity contribution in [3.8, 4) is 5.75 Å². The van der Waals surface area contributed by atoms with Gasteiger partial charge in [-0.1, -0.05) is 25.9 Å². The Kier molecular flexibility index (Phi) is 8.37. The van der Waals surface area contributed by atoms with E-state index in [4.69, 9.17) is 13.7 Å². The summed E-state index contributed by atoms with van der Waals surface area (Å²) in [5.74, 6) is -1.24. The summed E-state index contributed by atoms with van der Waals surface area (Å²) in [7, 11) is 4.57. The zero-order valence-corrected chi connectivity index (χ0v) is 31.2. The molecule has 1 saturated heterocycles. The SMILES string of the molecule is COc1cc(NC(=O)[C@@H]2CCCN2C)c(C)c2c1C[C@H]1C[C@H]3[C@H](N(C)C)c4onc(C)c4C(=O)[C@@]3(O[Si](C)(C)C(C)(C)C)C(O)=C1C2=O. The molecule has 2 aromatic rings. The maximum Gasteiger partial charge on any atom is 0.241 e. The molecule has 0 radical (unpaired) electrons. The molecule has 5 atom stereocenters. The highest BCUT2D eigenvalue weighted by Crippen LogP contribution is 2.59. The first-order valence-corrected chi connectivity index (χ1v) is 19.9. The molecule has 3 aliphatic carbocycles. The van der Waals surface area contributed by atoms with Crippen molar-refractivity contribution < 1.29 is 33.2 Å². The number of anilines is 1. The van der Waals surface area contributed by atoms with Gasteiger partial charge in [-0.25, -0.2) is 0 Å². The molecule has 0 unspecified atom stereocenters. The summed E-state index contributed by atoms with van der Waals surface area (Å²) in [4.78, 5) is 47.2. The van der Waals surface area contributed by atoms with Gasteiger partial charge >= 0.3 is 0 Å². The fourth-order valence-corrected chi connectivity index (χ4v) is 9.74. The molecule has 1 amide bonds. The Hall–Kier alpha value is -3.32. The van der Waals surface area contributed by atoms with Crippen LogP contribution in [-0.2, 0) is 15.6 Å². The van der Waals surface area contributed by atoms with E-state index in [1.807, 2.05) is 37.9 Å². The second-order valence-electron chi connectivity index (χ2n) is 15.9. The highest BCUT2D eigenvalue weighted by atomic mass is 28.4. The van der Waals surface area contributed by atoms with Gasteiger partial charge in [0.15, 0.2) is 25.5 Å². The summed E-state index contributed by atoms with van der Waals surface area (Å²) in [6.45, 7) is 14.8. The molecule has 11 nitrogen and oxygen atoms in total. The molecule has 1 aromatic carbocycles. The van der Waals surface area contributed by atoms with Gasteiger partial charge in [0.25, 0.3) is 0 Å². The van der Waals surface area contributed by atoms with Crippen LogP contribution >= 0.6 is 0 Å². The maximum atomic E-state index is 15.0. The van der Waals surface area contributed by atoms with Crippen molar-refractivity contribution in [3.05, 3.63) is 51.1 Å². The first kappa shape index (κ1) is 34.5. The normalized spacial score (nSPS) is 27.5. The number of aliphatic hydroxyl groups excluding tert-OH is 1. The highest BCUT2D eigenvalue weighted by Gasteiger charge is 2.66. The molecule has 12 heteroatoms. The van der Waals surface area contributed by atoms with Crippen LogP contribution in [0.2, 0.25) is 18.1 Å². The second-order valence-corrected chi connectivity index (χ2v) is 20.6. The number of aromatic nitrogens is 1. The minimum Gasteiger partial charge on any atom is -0.508 e. The number of carbonyl (C=O) groups is 3. The first-order chi connectivity index (χ1) is 22.4. The summed E-state index contributed by atoms with van der Waals surface area (Å²) < 4.78 is 18.9. The van der Waals surface area contributed by atoms with Crippen LogP contribution in [0.1, 0.15) is 89.4 Å². The number of allylic oxidation sites excluding steroid dienone is 1. The van der Waals surface area contributed by atoms with Crippen LogP contribution in [0.3, 0.4) is 0 Å². The van der Waals surface area contributed by atoms with E-state index >= 15 is 0 Å². The first-order valence-electron chi connectivity index (χ1n) is 16.9. The van der Waals surface area contributed by atoms with Crippen molar-refractivity contribution in [2.75, 3.05) is 40.1 Å². The number of amides is 1. The van der Waals surface area contributed by atoms with Crippen molar-refractivity contribution >= 4 is 31.5 Å². The van der Waals surface area contributed by atoms with E-state index in [-0.39, 0.29) is 34.1 Å². The number of nitrogens with zero attached hydrogens (tertiary/aromatic N) is 3. The van der Waals surface area contributed by atoms with E-state index in [0.29, 0.717) is 52.4 Å². The van der Waals surface area contributed by atoms with Gasteiger partial charge in [-0.2, -0.15) is 0 Å². The second kappa shape index (κ2) is 11.6. The monoisotopic (exact) mass is 678 g/mol. The van der Waals surface area contributed by atoms with Crippen LogP contribution in [0.4, 0.5) is 5.69 Å². The Bertz CT molecular complexity index is 1740. The lowest BCUT2D eigenvalue weighted by Crippen LogP contribution is -2.65. The summed E-state index contributed by atoms with van der Waals surface area (Å²) in [5.41, 5.74) is 1.33. The minimum absolute atomic E-state index is 0.132. The van der Waals surface area contributed by atoms with Crippen LogP contribution < -0.4 is 10.1 Å². The van der Waals surface area contributed by atoms with Gasteiger partial charge in [0, 0.05) is 34.4 Å². The number of likely N-dealkylation sites (tertiary alicyclic amines) is 1. The van der Waals surface area contributed by atoms with Gasteiger partial charge in [0.05, 0.1) is 30.5 Å². The van der Waals surface area contributed by atoms with Gasteiger partial charge < -0.3 is 24.1 Å². The smallest absolute Gasteiger partial charge is 0.241 e. The number of Topliss-reactive ketones (excluding diaryl/α,β-unsaturated/α-hetero) is 2. The number of methoxy groups -OCH3 is 1. The van der Waals surface area contributed by atoms with Gasteiger partial charge in [-0.05, 0) is 96.8 Å². The Morgan fingerprint density at radius 1 is 1.21 bits per heavy atom. The molecule has 48 heavy (non-hydrogen) atoms. The van der Waals surface area contributed by atoms with Gasteiger partial charge in [-0.3, -0.25) is 24.2 Å². The third-order valence-corrected chi connectivity index (χ3v) is 16.3. The van der Waals surface area contributed by atoms with Crippen molar-refractivity contribution in [1.82, 2.24) is 15.0 Å². The summed E-state index contributed by atoms with van der Waals surface area (Å²) in [5, 5.41) is 19.6. The Morgan fingerprint density at radius 2 is 1.90 bits per heavy atom. The zero-order valence-electron chi connectivity index (χ0n) is 30.2. The lowest BCUT2D eigenvalue weighted by molar-refractivity contribution is -0.119. The lowest BCUT2D eigenvalue weighted by atomic mass is 9.58. The predicted octanol–water partition coefficient (Wildman–Crippen LogP) is 5.78. The molecule has 1 aliphatic heterocycles. The molecule has 2 N–H and O–H groups in total. The molecule has 1 fully saturated rings. The third-order valence-electron chi connectivity index (χ3n) is 11.8. The van der Waals surface area contributed by atoms with E-state index in [0.717, 1.165) is 24.9 Å². The summed E-state index contributed by atoms with van der Waals surface area (Å²) in [6.07, 6.45) is 2.50. The van der Waals surface area contributed by atoms with Gasteiger partial charge in [0.2, 0.25) is 11.7 Å². The van der Waals surface area contributed by atoms with Crippen LogP contribution in [-0.4, -0.2) is 92.3 Å². The lowest BCUT2D eigenvalue weighted by Gasteiger charge is -2.55. The summed E-state index contributed by atoms with van der Waals surface area (Å²) in [6, 6.07) is 1.10. The van der Waals surface area contributed by atoms with Crippen LogP contribution in [0.15, 0.2) is 21.9 Å². The highest BCUT2D eigenvalue weighted by molar-refractivity contribution is 6.74. The average Bonchev–Trinajstić information content (AvgIpc) is 3.60. The van der Waals surface area contributed by atoms with E-state index < -0.39 is 37.6 Å². The minimum atomic E-state index is -2.77. The largest absolute Gasteiger partial charge is 0.508 e. The number of ketones is 2. The average molecular weight is 679 g/mol. The fourth-order valence-electron chi connectivity index (χ4n) is 8.29. The van der Waals surface area contributed by atoms with E-state index in [2.05, 4.69) is 44.3 Å². The third kappa shape index (κ3) is 4.93. The van der Waals surface area contributed by atoms with Crippen LogP contribution in [0.5, 0.6) is 5.75 Å². The Morgan fingerprint density at radius 3 is 2.48 bits per heavy atom. The van der Waals surface area contributed by atoms with Crippen LogP contribution in [0.25, 0.3) is 0 Å². The number of benzene rings is 1. The molecule has 260 valence electrons. The number of aryl methyl sites for hydroxylation is 1. The molecule has 0 saturated carbocycles. The van der Waals surface area contributed by atoms with Gasteiger partial charge in [-0.15, -0.1) is 0 Å². The molecule has 6 rings (SSSR count). The number of hydrogen-bond acceptors (Lipinski definition) is 10. The van der Waals surface area contributed by atoms with Crippen LogP contribution in [0, 0.1) is 25.7 Å². The number of carbonyl (C=O) groups excluding carboxylic acids is 3. The van der Waals surface area contributed by atoms with E-state index in [1.54, 1.807) is 20.1 Å². The quantitative estimate of drug-likeness (QED) is 0.362. The number of fused-ring (bicyclic) bond motifs is 4. The Labute approximate surface area is 284 Å². The molecule has 0 bridgehead atoms. The molecular weight excluding hydrogens is 629 g/mol. The van der Waals surface area contributed by atoms with Crippen molar-refractivity contribution in [2.24, 2.45) is 11.8 Å². The van der Waals surface area contributed by atoms with Crippen molar-refractivity contribution in [2.45, 2.75) is 96.1 Å². The molecule has 4 aliphatic rings. The standard InChI is InChI=1S/C36H50N4O7Si/c1-18-23(37-34(44)24-13-12-14-40(24)8)17-25(45-9)21-15-20-16-22-29(39(6)7)31-27(19(2)38-46-31)32(42)36(22,47-48(10,11)35(3,4)5)33(43)28(20)30(41)26(18)21/h17,20,22,24,29,43H,12-16H2,1-11H3,(H,37,44)/t20-,22-,24-,29-,36+/m0/s1. The fraction of sp³-hybridized carbons (Fsp3) is 0.611. The molecule has 1 aromatic heterocycles. The molecule has 0 spiro atoms. The number of ether oxygens (including phenoxy) is 1. The zero-order chi connectivity index (χ0) is 35.2. The molecular formula is C36H50N4O7Si. The number of rotatable bonds is 6. The van der Waals surface area contributed by atoms with E-state index in [1.165, 1.54) is 0 Å². The van der Waals surface area contributed by atoms with Crippen molar-refractivity contribution in [1.29, 1.82) is 0 Å².